The Balaban J connectivity index is 1.96. The van der Waals surface area contributed by atoms with Crippen molar-refractivity contribution < 1.29 is 4.42 Å². The van der Waals surface area contributed by atoms with Gasteiger partial charge in [0.25, 0.3) is 0 Å². The minimum absolute atomic E-state index is 0.495. The number of benzene rings is 1. The average molecular weight is 223 g/mol. The van der Waals surface area contributed by atoms with Crippen molar-refractivity contribution in [2.75, 3.05) is 0 Å². The van der Waals surface area contributed by atoms with Crippen LogP contribution in [0, 0.1) is 0 Å². The lowest BCUT2D eigenvalue weighted by Gasteiger charge is -1.99. The molecule has 4 nitrogen and oxygen atoms in total. The van der Waals surface area contributed by atoms with Crippen LogP contribution in [-0.4, -0.2) is 15.2 Å². The van der Waals surface area contributed by atoms with E-state index in [4.69, 9.17) is 4.42 Å². The van der Waals surface area contributed by atoms with E-state index in [1.807, 2.05) is 30.3 Å². The Kier molecular flexibility index (Phi) is 2.38. The molecule has 0 atom stereocenters. The van der Waals surface area contributed by atoms with Crippen LogP contribution < -0.4 is 0 Å². The van der Waals surface area contributed by atoms with E-state index in [0.717, 1.165) is 11.3 Å². The third-order valence-corrected chi connectivity index (χ3v) is 2.37. The van der Waals surface area contributed by atoms with Crippen molar-refractivity contribution in [1.82, 2.24) is 15.2 Å². The lowest BCUT2D eigenvalue weighted by Crippen LogP contribution is -1.93. The molecule has 0 radical (unpaired) electrons. The molecule has 0 bridgehead atoms. The second kappa shape index (κ2) is 4.17. The number of nitrogens with zero attached hydrogens (tertiary/aromatic N) is 3. The van der Waals surface area contributed by atoms with Gasteiger partial charge < -0.3 is 4.42 Å². The summed E-state index contributed by atoms with van der Waals surface area (Å²) in [5.74, 6) is 1.12. The van der Waals surface area contributed by atoms with Gasteiger partial charge in [-0.05, 0) is 12.1 Å². The summed E-state index contributed by atoms with van der Waals surface area (Å²) in [6.45, 7) is 0. The number of hydrogen-bond donors (Lipinski definition) is 0. The van der Waals surface area contributed by atoms with Crippen LogP contribution in [-0.2, 0) is 0 Å². The molecule has 0 spiro atoms. The molecule has 2 heterocycles. The highest BCUT2D eigenvalue weighted by Gasteiger charge is 2.05. The molecular weight excluding hydrogens is 214 g/mol. The summed E-state index contributed by atoms with van der Waals surface area (Å²) in [6, 6.07) is 13.4. The smallest absolute Gasteiger partial charge is 0.217 e. The SMILES string of the molecule is c1ccc(-c2cnc(-c3ccco3)nn2)cc1. The first kappa shape index (κ1) is 9.72. The number of hydrogen-bond acceptors (Lipinski definition) is 4. The molecule has 82 valence electrons. The van der Waals surface area contributed by atoms with Gasteiger partial charge in [0.15, 0.2) is 5.76 Å². The minimum atomic E-state index is 0.495. The van der Waals surface area contributed by atoms with E-state index in [0.29, 0.717) is 11.6 Å². The summed E-state index contributed by atoms with van der Waals surface area (Å²) in [7, 11) is 0. The Bertz CT molecular complexity index is 588. The summed E-state index contributed by atoms with van der Waals surface area (Å²) >= 11 is 0. The van der Waals surface area contributed by atoms with Gasteiger partial charge in [-0.15, -0.1) is 10.2 Å². The highest BCUT2D eigenvalue weighted by Crippen LogP contribution is 2.17. The fourth-order valence-corrected chi connectivity index (χ4v) is 1.54. The van der Waals surface area contributed by atoms with Gasteiger partial charge >= 0.3 is 0 Å². The molecule has 2 aromatic heterocycles. The topological polar surface area (TPSA) is 51.8 Å². The van der Waals surface area contributed by atoms with Gasteiger partial charge in [0.1, 0.15) is 5.69 Å². The molecular formula is C13H9N3O. The fraction of sp³-hybridized carbons (Fsp3) is 0. The average Bonchev–Trinajstić information content (AvgIpc) is 2.94. The van der Waals surface area contributed by atoms with Crippen molar-refractivity contribution in [2.45, 2.75) is 0 Å². The van der Waals surface area contributed by atoms with E-state index in [1.165, 1.54) is 0 Å². The summed E-state index contributed by atoms with van der Waals surface area (Å²) in [5.41, 5.74) is 1.75. The number of furan rings is 1. The molecule has 0 aliphatic heterocycles. The first-order valence-corrected chi connectivity index (χ1v) is 5.22. The minimum Gasteiger partial charge on any atom is -0.461 e. The van der Waals surface area contributed by atoms with Gasteiger partial charge in [0.05, 0.1) is 12.5 Å². The summed E-state index contributed by atoms with van der Waals surface area (Å²) in [6.07, 6.45) is 3.28. The quantitative estimate of drug-likeness (QED) is 0.670. The van der Waals surface area contributed by atoms with Crippen molar-refractivity contribution >= 4 is 0 Å². The predicted octanol–water partition coefficient (Wildman–Crippen LogP) is 2.80. The molecule has 0 unspecified atom stereocenters. The molecule has 3 aromatic rings. The van der Waals surface area contributed by atoms with Crippen LogP contribution in [0.15, 0.2) is 59.3 Å². The lowest BCUT2D eigenvalue weighted by atomic mass is 10.2. The van der Waals surface area contributed by atoms with E-state index >= 15 is 0 Å². The van der Waals surface area contributed by atoms with Crippen molar-refractivity contribution in [2.24, 2.45) is 0 Å². The van der Waals surface area contributed by atoms with Gasteiger partial charge in [0.2, 0.25) is 5.82 Å². The Morgan fingerprint density at radius 2 is 1.76 bits per heavy atom. The van der Waals surface area contributed by atoms with Crippen molar-refractivity contribution in [3.63, 3.8) is 0 Å². The van der Waals surface area contributed by atoms with E-state index in [-0.39, 0.29) is 0 Å². The van der Waals surface area contributed by atoms with Gasteiger partial charge in [-0.1, -0.05) is 30.3 Å². The second-order valence-electron chi connectivity index (χ2n) is 3.51. The largest absolute Gasteiger partial charge is 0.461 e. The van der Waals surface area contributed by atoms with Crippen LogP contribution in [0.2, 0.25) is 0 Å². The molecule has 0 aliphatic carbocycles. The molecule has 0 N–H and O–H groups in total. The first-order valence-electron chi connectivity index (χ1n) is 5.22. The highest BCUT2D eigenvalue weighted by atomic mass is 16.3. The highest BCUT2D eigenvalue weighted by molar-refractivity contribution is 5.58. The lowest BCUT2D eigenvalue weighted by molar-refractivity contribution is 0.575. The van der Waals surface area contributed by atoms with E-state index < -0.39 is 0 Å². The Morgan fingerprint density at radius 3 is 2.41 bits per heavy atom. The zero-order chi connectivity index (χ0) is 11.5. The van der Waals surface area contributed by atoms with Crippen LogP contribution in [0.5, 0.6) is 0 Å². The van der Waals surface area contributed by atoms with Crippen LogP contribution in [0.25, 0.3) is 22.8 Å². The van der Waals surface area contributed by atoms with E-state index in [9.17, 15) is 0 Å². The molecule has 0 aliphatic rings. The van der Waals surface area contributed by atoms with Gasteiger partial charge in [-0.25, -0.2) is 4.98 Å². The van der Waals surface area contributed by atoms with Crippen LogP contribution in [0.3, 0.4) is 0 Å². The number of rotatable bonds is 2. The zero-order valence-electron chi connectivity index (χ0n) is 8.95. The van der Waals surface area contributed by atoms with E-state index in [1.54, 1.807) is 24.6 Å². The van der Waals surface area contributed by atoms with Gasteiger partial charge in [-0.3, -0.25) is 0 Å². The Hall–Kier alpha value is -2.49. The van der Waals surface area contributed by atoms with Crippen molar-refractivity contribution in [3.05, 3.63) is 54.9 Å². The van der Waals surface area contributed by atoms with Crippen LogP contribution in [0.1, 0.15) is 0 Å². The molecule has 0 saturated heterocycles. The summed E-state index contributed by atoms with van der Waals surface area (Å²) in [5, 5.41) is 8.18. The van der Waals surface area contributed by atoms with Crippen molar-refractivity contribution in [1.29, 1.82) is 0 Å². The normalized spacial score (nSPS) is 10.4. The first-order chi connectivity index (χ1) is 8.43. The molecule has 0 fully saturated rings. The molecule has 1 aromatic carbocycles. The van der Waals surface area contributed by atoms with Gasteiger partial charge in [-0.2, -0.15) is 0 Å². The third-order valence-electron chi connectivity index (χ3n) is 2.37. The molecule has 4 heteroatoms. The summed E-state index contributed by atoms with van der Waals surface area (Å²) < 4.78 is 5.20. The molecule has 0 amide bonds. The zero-order valence-corrected chi connectivity index (χ0v) is 8.95. The van der Waals surface area contributed by atoms with Crippen LogP contribution >= 0.6 is 0 Å². The van der Waals surface area contributed by atoms with Crippen molar-refractivity contribution in [3.8, 4) is 22.8 Å². The molecule has 17 heavy (non-hydrogen) atoms. The maximum atomic E-state index is 5.20. The second-order valence-corrected chi connectivity index (χ2v) is 3.51. The Morgan fingerprint density at radius 1 is 0.882 bits per heavy atom. The maximum absolute atomic E-state index is 5.20. The summed E-state index contributed by atoms with van der Waals surface area (Å²) in [4.78, 5) is 4.23. The third kappa shape index (κ3) is 1.92. The van der Waals surface area contributed by atoms with Crippen LogP contribution in [0.4, 0.5) is 0 Å². The molecule has 3 rings (SSSR count). The monoisotopic (exact) mass is 223 g/mol. The standard InChI is InChI=1S/C13H9N3O/c1-2-5-10(6-3-1)11-9-14-13(16-15-11)12-7-4-8-17-12/h1-9H. The number of aromatic nitrogens is 3. The van der Waals surface area contributed by atoms with E-state index in [2.05, 4.69) is 15.2 Å². The maximum Gasteiger partial charge on any atom is 0.217 e. The predicted molar refractivity (Wildman–Crippen MR) is 63.0 cm³/mol. The molecule has 0 saturated carbocycles. The van der Waals surface area contributed by atoms with Gasteiger partial charge in [0, 0.05) is 5.56 Å². The fourth-order valence-electron chi connectivity index (χ4n) is 1.54. The Labute approximate surface area is 98.0 Å².